The summed E-state index contributed by atoms with van der Waals surface area (Å²) in [6.45, 7) is 7.27. The number of hydrogen-bond donors (Lipinski definition) is 1. The lowest BCUT2D eigenvalue weighted by molar-refractivity contribution is 0.255. The molecule has 1 atom stereocenters. The first kappa shape index (κ1) is 15.2. The first-order chi connectivity index (χ1) is 10.6. The zero-order valence-corrected chi connectivity index (χ0v) is 13.4. The molecule has 1 fully saturated rings. The average Bonchev–Trinajstić information content (AvgIpc) is 2.54. The normalized spacial score (nSPS) is 22.0. The number of aliphatic imine (C=N–C) groups is 1. The van der Waals surface area contributed by atoms with Crippen LogP contribution in [0.2, 0.25) is 5.02 Å². The zero-order chi connectivity index (χ0) is 15.7. The van der Waals surface area contributed by atoms with Gasteiger partial charge in [-0.3, -0.25) is 0 Å². The number of rotatable bonds is 1. The van der Waals surface area contributed by atoms with Crippen LogP contribution < -0.4 is 5.32 Å². The molecule has 22 heavy (non-hydrogen) atoms. The lowest BCUT2D eigenvalue weighted by Crippen LogP contribution is -2.52. The molecule has 1 unspecified atom stereocenters. The topological polar surface area (TPSA) is 43.2 Å². The molecule has 2 aliphatic heterocycles. The van der Waals surface area contributed by atoms with Crippen LogP contribution in [0.15, 0.2) is 22.2 Å². The number of nitrogens with zero attached hydrogens (tertiary/aromatic N) is 4. The van der Waals surface area contributed by atoms with Crippen molar-refractivity contribution in [1.29, 1.82) is 0 Å². The first-order valence-electron chi connectivity index (χ1n) is 7.43. The van der Waals surface area contributed by atoms with E-state index in [1.807, 2.05) is 13.8 Å². The highest BCUT2D eigenvalue weighted by Crippen LogP contribution is 2.39. The monoisotopic (exact) mass is 323 g/mol. The van der Waals surface area contributed by atoms with Crippen LogP contribution in [0, 0.1) is 5.82 Å². The van der Waals surface area contributed by atoms with Gasteiger partial charge >= 0.3 is 0 Å². The van der Waals surface area contributed by atoms with Gasteiger partial charge in [-0.25, -0.2) is 14.4 Å². The standard InChI is InChI=1S/C15H19ClFN5/c1-3-19-22-10(2)13-12(5-4-11(16)14(13)17)20-15(22)21-8-6-18-7-9-21/h3-5,10,18H,6-9H2,1-2H3/b19-3-. The molecule has 0 aromatic heterocycles. The fourth-order valence-corrected chi connectivity index (χ4v) is 3.03. The van der Waals surface area contributed by atoms with Crippen molar-refractivity contribution >= 4 is 29.5 Å². The van der Waals surface area contributed by atoms with Gasteiger partial charge in [-0.15, -0.1) is 0 Å². The number of hydrogen-bond acceptors (Lipinski definition) is 5. The minimum Gasteiger partial charge on any atom is -0.338 e. The molecule has 1 aromatic rings. The third-order valence-electron chi connectivity index (χ3n) is 3.96. The van der Waals surface area contributed by atoms with Gasteiger partial charge in [-0.2, -0.15) is 5.10 Å². The summed E-state index contributed by atoms with van der Waals surface area (Å²) in [5.74, 6) is 0.354. The summed E-state index contributed by atoms with van der Waals surface area (Å²) in [5, 5.41) is 9.60. The van der Waals surface area contributed by atoms with Crippen LogP contribution in [0.3, 0.4) is 0 Å². The van der Waals surface area contributed by atoms with Gasteiger partial charge in [-0.1, -0.05) is 11.6 Å². The van der Waals surface area contributed by atoms with Crippen molar-refractivity contribution in [3.63, 3.8) is 0 Å². The van der Waals surface area contributed by atoms with Crippen LogP contribution >= 0.6 is 11.6 Å². The van der Waals surface area contributed by atoms with Crippen LogP contribution in [0.25, 0.3) is 0 Å². The minimum absolute atomic E-state index is 0.117. The fraction of sp³-hybridized carbons (Fsp3) is 0.467. The Morgan fingerprint density at radius 2 is 2.14 bits per heavy atom. The Morgan fingerprint density at radius 3 is 2.82 bits per heavy atom. The van der Waals surface area contributed by atoms with Crippen LogP contribution in [0.1, 0.15) is 25.5 Å². The van der Waals surface area contributed by atoms with Crippen molar-refractivity contribution < 1.29 is 4.39 Å². The number of halogens is 2. The molecule has 2 aliphatic rings. The van der Waals surface area contributed by atoms with Crippen LogP contribution in [0.4, 0.5) is 10.1 Å². The van der Waals surface area contributed by atoms with Gasteiger partial charge in [-0.05, 0) is 26.0 Å². The Hall–Kier alpha value is -1.66. The predicted molar refractivity (Wildman–Crippen MR) is 87.4 cm³/mol. The Bertz CT molecular complexity index is 625. The van der Waals surface area contributed by atoms with Crippen LogP contribution in [-0.2, 0) is 0 Å². The molecule has 0 aliphatic carbocycles. The van der Waals surface area contributed by atoms with E-state index < -0.39 is 5.82 Å². The van der Waals surface area contributed by atoms with Crippen molar-refractivity contribution in [3.8, 4) is 0 Å². The highest BCUT2D eigenvalue weighted by Gasteiger charge is 2.33. The van der Waals surface area contributed by atoms with Gasteiger partial charge in [0.1, 0.15) is 5.82 Å². The maximum atomic E-state index is 14.4. The van der Waals surface area contributed by atoms with Gasteiger partial charge in [0.25, 0.3) is 0 Å². The Morgan fingerprint density at radius 1 is 1.41 bits per heavy atom. The number of nitrogens with one attached hydrogen (secondary N) is 1. The molecule has 2 heterocycles. The number of fused-ring (bicyclic) bond motifs is 1. The van der Waals surface area contributed by atoms with Crippen LogP contribution in [-0.4, -0.2) is 48.3 Å². The molecule has 0 radical (unpaired) electrons. The van der Waals surface area contributed by atoms with Crippen molar-refractivity contribution in [2.24, 2.45) is 10.1 Å². The van der Waals surface area contributed by atoms with Crippen molar-refractivity contribution in [3.05, 3.63) is 28.5 Å². The van der Waals surface area contributed by atoms with E-state index in [2.05, 4.69) is 20.3 Å². The van der Waals surface area contributed by atoms with Crippen molar-refractivity contribution in [2.75, 3.05) is 26.2 Å². The molecule has 1 N–H and O–H groups in total. The third-order valence-corrected chi connectivity index (χ3v) is 4.25. The van der Waals surface area contributed by atoms with E-state index in [-0.39, 0.29) is 11.1 Å². The Kier molecular flexibility index (Phi) is 4.31. The first-order valence-corrected chi connectivity index (χ1v) is 7.81. The zero-order valence-electron chi connectivity index (χ0n) is 12.7. The summed E-state index contributed by atoms with van der Waals surface area (Å²) >= 11 is 5.92. The van der Waals surface area contributed by atoms with Crippen molar-refractivity contribution in [1.82, 2.24) is 15.2 Å². The molecule has 0 bridgehead atoms. The second kappa shape index (κ2) is 6.22. The van der Waals surface area contributed by atoms with Gasteiger partial charge < -0.3 is 10.2 Å². The van der Waals surface area contributed by atoms with Gasteiger partial charge in [0.2, 0.25) is 5.96 Å². The third kappa shape index (κ3) is 2.57. The second-order valence-electron chi connectivity index (χ2n) is 5.34. The van der Waals surface area contributed by atoms with Gasteiger partial charge in [0, 0.05) is 38.0 Å². The number of benzene rings is 1. The molecule has 1 aromatic carbocycles. The van der Waals surface area contributed by atoms with E-state index in [0.29, 0.717) is 11.3 Å². The lowest BCUT2D eigenvalue weighted by atomic mass is 10.0. The highest BCUT2D eigenvalue weighted by molar-refractivity contribution is 6.30. The summed E-state index contributed by atoms with van der Waals surface area (Å²) in [7, 11) is 0. The average molecular weight is 324 g/mol. The van der Waals surface area contributed by atoms with Gasteiger partial charge in [0.05, 0.1) is 16.8 Å². The molecule has 118 valence electrons. The molecule has 1 saturated heterocycles. The molecule has 0 spiro atoms. The molecule has 3 rings (SSSR count). The Balaban J connectivity index is 2.09. The SMILES string of the molecule is C/C=N\N1C(N2CCNCC2)=Nc2ccc(Cl)c(F)c2C1C. The van der Waals surface area contributed by atoms with Crippen molar-refractivity contribution in [2.45, 2.75) is 19.9 Å². The predicted octanol–water partition coefficient (Wildman–Crippen LogP) is 2.75. The molecule has 5 nitrogen and oxygen atoms in total. The van der Waals surface area contributed by atoms with E-state index in [9.17, 15) is 4.39 Å². The quantitative estimate of drug-likeness (QED) is 0.808. The largest absolute Gasteiger partial charge is 0.338 e. The number of hydrazone groups is 1. The summed E-state index contributed by atoms with van der Waals surface area (Å²) < 4.78 is 14.4. The van der Waals surface area contributed by atoms with Crippen LogP contribution in [0.5, 0.6) is 0 Å². The molecular formula is C15H19ClFN5. The van der Waals surface area contributed by atoms with E-state index in [0.717, 1.165) is 32.1 Å². The fourth-order valence-electron chi connectivity index (χ4n) is 2.86. The smallest absolute Gasteiger partial charge is 0.223 e. The maximum Gasteiger partial charge on any atom is 0.223 e. The Labute approximate surface area is 134 Å². The molecular weight excluding hydrogens is 305 g/mol. The summed E-state index contributed by atoms with van der Waals surface area (Å²) in [5.41, 5.74) is 1.13. The van der Waals surface area contributed by atoms with E-state index in [1.54, 1.807) is 23.4 Å². The summed E-state index contributed by atoms with van der Waals surface area (Å²) in [6, 6.07) is 3.07. The van der Waals surface area contributed by atoms with E-state index >= 15 is 0 Å². The summed E-state index contributed by atoms with van der Waals surface area (Å²) in [4.78, 5) is 6.83. The minimum atomic E-state index is -0.411. The number of piperazine rings is 1. The molecule has 7 heteroatoms. The molecule has 0 saturated carbocycles. The highest BCUT2D eigenvalue weighted by atomic mass is 35.5. The number of guanidine groups is 1. The second-order valence-corrected chi connectivity index (χ2v) is 5.74. The lowest BCUT2D eigenvalue weighted by Gasteiger charge is -2.39. The summed E-state index contributed by atoms with van der Waals surface area (Å²) in [6.07, 6.45) is 1.70. The van der Waals surface area contributed by atoms with E-state index in [4.69, 9.17) is 11.6 Å². The maximum absolute atomic E-state index is 14.4. The molecule has 0 amide bonds. The van der Waals surface area contributed by atoms with E-state index in [1.165, 1.54) is 0 Å². The van der Waals surface area contributed by atoms with Gasteiger partial charge in [0.15, 0.2) is 0 Å².